The van der Waals surface area contributed by atoms with E-state index >= 15 is 0 Å². The molecule has 0 spiro atoms. The Morgan fingerprint density at radius 3 is 2.75 bits per heavy atom. The lowest BCUT2D eigenvalue weighted by molar-refractivity contribution is 0.0593. The Kier molecular flexibility index (Phi) is 4.65. The minimum Gasteiger partial charge on any atom is -0.384 e. The van der Waals surface area contributed by atoms with Gasteiger partial charge in [-0.3, -0.25) is 0 Å². The normalized spacial score (nSPS) is 23.8. The lowest BCUT2D eigenvalue weighted by Gasteiger charge is -2.24. The predicted molar refractivity (Wildman–Crippen MR) is 79.4 cm³/mol. The molecule has 2 amide bonds. The van der Waals surface area contributed by atoms with Crippen LogP contribution >= 0.6 is 0 Å². The number of aliphatic hydroxyl groups is 1. The zero-order valence-corrected chi connectivity index (χ0v) is 12.2. The fraction of sp³-hybridized carbons (Fsp3) is 0.562. The first-order valence-corrected chi connectivity index (χ1v) is 7.35. The molecule has 2 rings (SSSR count). The van der Waals surface area contributed by atoms with Crippen LogP contribution in [0.3, 0.4) is 0 Å². The summed E-state index contributed by atoms with van der Waals surface area (Å²) in [5.74, 6) is 0.639. The van der Waals surface area contributed by atoms with Gasteiger partial charge < -0.3 is 15.7 Å². The second-order valence-corrected chi connectivity index (χ2v) is 5.86. The molecule has 0 radical (unpaired) electrons. The maximum Gasteiger partial charge on any atom is 0.315 e. The average Bonchev–Trinajstić information content (AvgIpc) is 3.16. The summed E-state index contributed by atoms with van der Waals surface area (Å²) < 4.78 is 0. The number of carbonyl (C=O) groups excluding carboxylic acids is 1. The van der Waals surface area contributed by atoms with Gasteiger partial charge in [0.15, 0.2) is 0 Å². The van der Waals surface area contributed by atoms with Crippen molar-refractivity contribution in [1.82, 2.24) is 10.6 Å². The van der Waals surface area contributed by atoms with Crippen molar-refractivity contribution in [1.29, 1.82) is 0 Å². The fourth-order valence-electron chi connectivity index (χ4n) is 2.49. The zero-order valence-electron chi connectivity index (χ0n) is 12.2. The highest BCUT2D eigenvalue weighted by molar-refractivity contribution is 5.74. The number of carbonyl (C=O) groups is 1. The molecule has 0 aliphatic heterocycles. The predicted octanol–water partition coefficient (Wildman–Crippen LogP) is 2.38. The van der Waals surface area contributed by atoms with Gasteiger partial charge in [-0.05, 0) is 31.2 Å². The summed E-state index contributed by atoms with van der Waals surface area (Å²) in [5, 5.41) is 16.1. The van der Waals surface area contributed by atoms with Crippen LogP contribution in [-0.4, -0.2) is 23.7 Å². The Morgan fingerprint density at radius 1 is 1.40 bits per heavy atom. The van der Waals surface area contributed by atoms with Crippen molar-refractivity contribution in [2.24, 2.45) is 5.92 Å². The summed E-state index contributed by atoms with van der Waals surface area (Å²) in [7, 11) is 0. The van der Waals surface area contributed by atoms with E-state index in [-0.39, 0.29) is 12.6 Å². The summed E-state index contributed by atoms with van der Waals surface area (Å²) in [6, 6.07) is 9.50. The van der Waals surface area contributed by atoms with E-state index in [1.807, 2.05) is 30.3 Å². The lowest BCUT2D eigenvalue weighted by Crippen LogP contribution is -2.44. The number of urea groups is 1. The number of benzene rings is 1. The number of amides is 2. The first kappa shape index (κ1) is 14.9. The molecule has 110 valence electrons. The van der Waals surface area contributed by atoms with Gasteiger partial charge in [0.1, 0.15) is 5.60 Å². The largest absolute Gasteiger partial charge is 0.384 e. The smallest absolute Gasteiger partial charge is 0.315 e. The van der Waals surface area contributed by atoms with Gasteiger partial charge in [0.2, 0.25) is 0 Å². The van der Waals surface area contributed by atoms with Gasteiger partial charge in [-0.25, -0.2) is 4.79 Å². The molecular formula is C16H24N2O2. The van der Waals surface area contributed by atoms with E-state index < -0.39 is 5.60 Å². The molecule has 1 fully saturated rings. The molecule has 1 aliphatic rings. The van der Waals surface area contributed by atoms with E-state index in [1.54, 1.807) is 6.92 Å². The van der Waals surface area contributed by atoms with Crippen LogP contribution in [0.5, 0.6) is 0 Å². The molecule has 20 heavy (non-hydrogen) atoms. The monoisotopic (exact) mass is 276 g/mol. The quantitative estimate of drug-likeness (QED) is 0.747. The second kappa shape index (κ2) is 6.27. The van der Waals surface area contributed by atoms with E-state index in [1.165, 1.54) is 6.42 Å². The number of rotatable bonds is 6. The topological polar surface area (TPSA) is 61.4 Å². The van der Waals surface area contributed by atoms with Crippen molar-refractivity contribution in [3.05, 3.63) is 35.9 Å². The number of nitrogens with one attached hydrogen (secondary N) is 2. The molecule has 1 aromatic carbocycles. The van der Waals surface area contributed by atoms with Crippen molar-refractivity contribution in [3.8, 4) is 0 Å². The average molecular weight is 276 g/mol. The van der Waals surface area contributed by atoms with Crippen molar-refractivity contribution in [2.45, 2.75) is 44.8 Å². The number of hydrogen-bond donors (Lipinski definition) is 3. The molecule has 0 bridgehead atoms. The minimum atomic E-state index is -1.05. The molecule has 3 unspecified atom stereocenters. The molecule has 0 aromatic heterocycles. The van der Waals surface area contributed by atoms with Gasteiger partial charge in [-0.2, -0.15) is 0 Å². The van der Waals surface area contributed by atoms with E-state index in [9.17, 15) is 9.90 Å². The van der Waals surface area contributed by atoms with Crippen molar-refractivity contribution < 1.29 is 9.90 Å². The van der Waals surface area contributed by atoms with Gasteiger partial charge in [-0.1, -0.05) is 43.7 Å². The first-order valence-electron chi connectivity index (χ1n) is 7.35. The molecule has 3 atom stereocenters. The molecule has 4 heteroatoms. The maximum absolute atomic E-state index is 11.8. The van der Waals surface area contributed by atoms with Crippen LogP contribution < -0.4 is 10.6 Å². The Bertz CT molecular complexity index is 445. The van der Waals surface area contributed by atoms with Gasteiger partial charge in [-0.15, -0.1) is 0 Å². The van der Waals surface area contributed by atoms with Gasteiger partial charge in [0.25, 0.3) is 0 Å². The molecule has 3 N–H and O–H groups in total. The van der Waals surface area contributed by atoms with Crippen LogP contribution in [0.1, 0.15) is 38.7 Å². The molecule has 0 saturated heterocycles. The molecular weight excluding hydrogens is 252 g/mol. The van der Waals surface area contributed by atoms with E-state index in [4.69, 9.17) is 0 Å². The standard InChI is InChI=1S/C16H24N2O2/c1-3-7-12-10-14(12)18-15(19)17-11-16(2,20)13-8-5-4-6-9-13/h4-6,8-9,12,14,20H,3,7,10-11H2,1-2H3,(H2,17,18,19). The highest BCUT2D eigenvalue weighted by Gasteiger charge is 2.37. The summed E-state index contributed by atoms with van der Waals surface area (Å²) >= 11 is 0. The molecule has 1 saturated carbocycles. The van der Waals surface area contributed by atoms with E-state index in [0.29, 0.717) is 12.0 Å². The lowest BCUT2D eigenvalue weighted by atomic mass is 9.96. The van der Waals surface area contributed by atoms with Crippen molar-refractivity contribution >= 4 is 6.03 Å². The number of hydrogen-bond acceptors (Lipinski definition) is 2. The highest BCUT2D eigenvalue weighted by atomic mass is 16.3. The minimum absolute atomic E-state index is 0.190. The Hall–Kier alpha value is -1.55. The van der Waals surface area contributed by atoms with E-state index in [2.05, 4.69) is 17.6 Å². The van der Waals surface area contributed by atoms with Crippen LogP contribution in [0.15, 0.2) is 30.3 Å². The zero-order chi connectivity index (χ0) is 14.6. The summed E-state index contributed by atoms with van der Waals surface area (Å²) in [6.45, 7) is 4.07. The van der Waals surface area contributed by atoms with E-state index in [0.717, 1.165) is 18.4 Å². The molecule has 1 aromatic rings. The van der Waals surface area contributed by atoms with Crippen LogP contribution in [0.25, 0.3) is 0 Å². The maximum atomic E-state index is 11.8. The highest BCUT2D eigenvalue weighted by Crippen LogP contribution is 2.34. The van der Waals surface area contributed by atoms with Crippen LogP contribution in [-0.2, 0) is 5.60 Å². The summed E-state index contributed by atoms with van der Waals surface area (Å²) in [5.41, 5.74) is -0.249. The molecule has 1 aliphatic carbocycles. The molecule has 0 heterocycles. The SMILES string of the molecule is CCCC1CC1NC(=O)NCC(C)(O)c1ccccc1. The summed E-state index contributed by atoms with van der Waals surface area (Å²) in [4.78, 5) is 11.8. The van der Waals surface area contributed by atoms with Crippen molar-refractivity contribution in [3.63, 3.8) is 0 Å². The fourth-order valence-corrected chi connectivity index (χ4v) is 2.49. The third kappa shape index (κ3) is 3.97. The Balaban J connectivity index is 1.76. The van der Waals surface area contributed by atoms with Crippen LogP contribution in [0.2, 0.25) is 0 Å². The van der Waals surface area contributed by atoms with Crippen molar-refractivity contribution in [2.75, 3.05) is 6.54 Å². The summed E-state index contributed by atoms with van der Waals surface area (Å²) in [6.07, 6.45) is 3.41. The van der Waals surface area contributed by atoms with Crippen LogP contribution in [0.4, 0.5) is 4.79 Å². The third-order valence-corrected chi connectivity index (χ3v) is 3.89. The van der Waals surface area contributed by atoms with Gasteiger partial charge >= 0.3 is 6.03 Å². The Morgan fingerprint density at radius 2 is 2.10 bits per heavy atom. The molecule has 4 nitrogen and oxygen atoms in total. The third-order valence-electron chi connectivity index (χ3n) is 3.89. The van der Waals surface area contributed by atoms with Crippen LogP contribution in [0, 0.1) is 5.92 Å². The van der Waals surface area contributed by atoms with Gasteiger partial charge in [0, 0.05) is 6.04 Å². The Labute approximate surface area is 120 Å². The first-order chi connectivity index (χ1) is 9.53. The second-order valence-electron chi connectivity index (χ2n) is 5.86. The van der Waals surface area contributed by atoms with Gasteiger partial charge in [0.05, 0.1) is 6.54 Å².